The summed E-state index contributed by atoms with van der Waals surface area (Å²) in [4.78, 5) is 0. The van der Waals surface area contributed by atoms with Crippen LogP contribution in [-0.4, -0.2) is 0 Å². The van der Waals surface area contributed by atoms with Crippen molar-refractivity contribution in [2.24, 2.45) is 0 Å². The molecule has 0 amide bonds. The van der Waals surface area contributed by atoms with Crippen molar-refractivity contribution in [3.05, 3.63) is 42.2 Å². The molecule has 0 fully saturated rings. The van der Waals surface area contributed by atoms with Crippen LogP contribution in [0.3, 0.4) is 0 Å². The number of rotatable bonds is 2. The van der Waals surface area contributed by atoms with Gasteiger partial charge in [-0.05, 0) is 12.1 Å². The van der Waals surface area contributed by atoms with E-state index >= 15 is 0 Å². The summed E-state index contributed by atoms with van der Waals surface area (Å²) in [6.45, 7) is -0.00454. The summed E-state index contributed by atoms with van der Waals surface area (Å²) < 4.78 is 38.1. The van der Waals surface area contributed by atoms with Crippen molar-refractivity contribution in [1.82, 2.24) is 0 Å². The normalized spacial score (nSPS) is 10.3. The summed E-state index contributed by atoms with van der Waals surface area (Å²) in [5, 5.41) is 1.32. The minimum absolute atomic E-state index is 0.00454. The molecule has 4 heteroatoms. The van der Waals surface area contributed by atoms with Crippen LogP contribution in [-0.2, 0) is 6.54 Å². The molecule has 0 atom stereocenters. The fourth-order valence-corrected chi connectivity index (χ4v) is 0.901. The highest BCUT2D eigenvalue weighted by atomic mass is 19.2. The van der Waals surface area contributed by atoms with E-state index in [0.717, 1.165) is 12.1 Å². The molecule has 0 aliphatic rings. The van der Waals surface area contributed by atoms with Gasteiger partial charge in [0.15, 0.2) is 11.6 Å². The van der Waals surface area contributed by atoms with Gasteiger partial charge in [-0.2, -0.15) is 7.05 Å². The van der Waals surface area contributed by atoms with Crippen molar-refractivity contribution >= 4 is 0 Å². The van der Waals surface area contributed by atoms with Gasteiger partial charge in [0.1, 0.15) is 5.82 Å². The molecule has 1 rings (SSSR count). The van der Waals surface area contributed by atoms with Crippen molar-refractivity contribution in [2.75, 3.05) is 0 Å². The van der Waals surface area contributed by atoms with Gasteiger partial charge >= 0.3 is 0 Å². The van der Waals surface area contributed by atoms with Gasteiger partial charge in [-0.25, -0.2) is 13.2 Å². The average molecular weight is 175 g/mol. The number of hydrogen-bond acceptors (Lipinski definition) is 0. The number of benzene rings is 1. The van der Waals surface area contributed by atoms with Crippen LogP contribution in [0, 0.1) is 24.5 Å². The number of hydrogen-bond donors (Lipinski definition) is 1. The van der Waals surface area contributed by atoms with Crippen LogP contribution in [0.25, 0.3) is 0 Å². The van der Waals surface area contributed by atoms with Crippen molar-refractivity contribution in [2.45, 2.75) is 6.54 Å². The Morgan fingerprint density at radius 1 is 1.17 bits per heavy atom. The molecule has 0 unspecified atom stereocenters. The molecule has 1 aromatic rings. The molecule has 0 radical (unpaired) electrons. The first-order chi connectivity index (χ1) is 5.66. The molecule has 2 N–H and O–H groups in total. The highest BCUT2D eigenvalue weighted by molar-refractivity contribution is 5.19. The van der Waals surface area contributed by atoms with E-state index in [9.17, 15) is 13.2 Å². The predicted octanol–water partition coefficient (Wildman–Crippen LogP) is 0.959. The number of quaternary nitrogens is 1. The summed E-state index contributed by atoms with van der Waals surface area (Å²) >= 11 is 0. The van der Waals surface area contributed by atoms with Crippen molar-refractivity contribution < 1.29 is 18.5 Å². The SMILES string of the molecule is [CH2-][NH2+]Cc1c(F)ccc(F)c1F. The van der Waals surface area contributed by atoms with Crippen LogP contribution >= 0.6 is 0 Å². The average Bonchev–Trinajstić information content (AvgIpc) is 2.06. The zero-order valence-corrected chi connectivity index (χ0v) is 6.28. The zero-order valence-electron chi connectivity index (χ0n) is 6.28. The molecule has 12 heavy (non-hydrogen) atoms. The summed E-state index contributed by atoms with van der Waals surface area (Å²) in [7, 11) is 3.31. The van der Waals surface area contributed by atoms with E-state index in [4.69, 9.17) is 0 Å². The smallest absolute Gasteiger partial charge is 0.170 e. The second-order valence-corrected chi connectivity index (χ2v) is 2.31. The Bertz CT molecular complexity index is 286. The lowest BCUT2D eigenvalue weighted by Gasteiger charge is -2.04. The maximum absolute atomic E-state index is 12.8. The second kappa shape index (κ2) is 3.58. The number of halogens is 3. The Labute approximate surface area is 68.2 Å². The molecule has 66 valence electrons. The maximum atomic E-state index is 12.8. The minimum Gasteiger partial charge on any atom is -0.475 e. The van der Waals surface area contributed by atoms with Gasteiger partial charge in [0.05, 0.1) is 12.1 Å². The third kappa shape index (κ3) is 1.58. The molecule has 0 aromatic heterocycles. The first-order valence-electron chi connectivity index (χ1n) is 3.40. The molecule has 1 nitrogen and oxygen atoms in total. The highest BCUT2D eigenvalue weighted by Crippen LogP contribution is 2.14. The minimum atomic E-state index is -1.13. The van der Waals surface area contributed by atoms with Crippen LogP contribution in [0.5, 0.6) is 0 Å². The standard InChI is InChI=1S/C8H8F3N/c1-12-4-5-6(9)2-3-7(10)8(5)11/h2-3H,1,4,12H2. The first-order valence-corrected chi connectivity index (χ1v) is 3.40. The summed E-state index contributed by atoms with van der Waals surface area (Å²) in [6.07, 6.45) is 0. The molecule has 1 aromatic carbocycles. The molecule has 0 spiro atoms. The van der Waals surface area contributed by atoms with Crippen molar-refractivity contribution in [3.8, 4) is 0 Å². The Kier molecular flexibility index (Phi) is 2.70. The van der Waals surface area contributed by atoms with Crippen LogP contribution < -0.4 is 5.32 Å². The Morgan fingerprint density at radius 2 is 1.75 bits per heavy atom. The Balaban J connectivity index is 3.14. The summed E-state index contributed by atoms with van der Waals surface area (Å²) in [5.41, 5.74) is -0.273. The fraction of sp³-hybridized carbons (Fsp3) is 0.125. The quantitative estimate of drug-likeness (QED) is 0.509. The van der Waals surface area contributed by atoms with Gasteiger partial charge in [-0.15, -0.1) is 0 Å². The predicted molar refractivity (Wildman–Crippen MR) is 37.3 cm³/mol. The largest absolute Gasteiger partial charge is 0.475 e. The van der Waals surface area contributed by atoms with E-state index in [2.05, 4.69) is 7.05 Å². The molecule has 0 bridgehead atoms. The van der Waals surface area contributed by atoms with E-state index < -0.39 is 17.5 Å². The molecule has 0 aliphatic heterocycles. The van der Waals surface area contributed by atoms with Crippen molar-refractivity contribution in [1.29, 1.82) is 0 Å². The van der Waals surface area contributed by atoms with Crippen LogP contribution in [0.15, 0.2) is 12.1 Å². The molecular weight excluding hydrogens is 167 g/mol. The van der Waals surface area contributed by atoms with Gasteiger partial charge < -0.3 is 5.32 Å². The van der Waals surface area contributed by atoms with E-state index in [0.29, 0.717) is 0 Å². The topological polar surface area (TPSA) is 16.6 Å². The lowest BCUT2D eigenvalue weighted by atomic mass is 10.2. The highest BCUT2D eigenvalue weighted by Gasteiger charge is 2.12. The number of nitrogens with two attached hydrogens (primary N) is 1. The first kappa shape index (κ1) is 9.06. The van der Waals surface area contributed by atoms with E-state index in [-0.39, 0.29) is 12.1 Å². The zero-order chi connectivity index (χ0) is 9.14. The fourth-order valence-electron chi connectivity index (χ4n) is 0.901. The lowest BCUT2D eigenvalue weighted by molar-refractivity contribution is -0.612. The van der Waals surface area contributed by atoms with Gasteiger partial charge in [0.2, 0.25) is 0 Å². The van der Waals surface area contributed by atoms with Crippen LogP contribution in [0.2, 0.25) is 0 Å². The molecule has 0 saturated heterocycles. The van der Waals surface area contributed by atoms with Gasteiger partial charge in [0, 0.05) is 0 Å². The lowest BCUT2D eigenvalue weighted by Crippen LogP contribution is -2.75. The molecule has 0 heterocycles. The Hall–Kier alpha value is -1.03. The summed E-state index contributed by atoms with van der Waals surface area (Å²) in [5.74, 6) is -2.91. The second-order valence-electron chi connectivity index (χ2n) is 2.31. The maximum Gasteiger partial charge on any atom is 0.170 e. The van der Waals surface area contributed by atoms with Gasteiger partial charge in [-0.1, -0.05) is 0 Å². The van der Waals surface area contributed by atoms with Crippen LogP contribution in [0.1, 0.15) is 5.56 Å². The third-order valence-electron chi connectivity index (χ3n) is 1.49. The molecule has 0 aliphatic carbocycles. The molecular formula is C8H8F3N. The van der Waals surface area contributed by atoms with Gasteiger partial charge in [0.25, 0.3) is 0 Å². The third-order valence-corrected chi connectivity index (χ3v) is 1.49. The molecule has 0 saturated carbocycles. The summed E-state index contributed by atoms with van der Waals surface area (Å²) in [6, 6.07) is 1.66. The monoisotopic (exact) mass is 175 g/mol. The van der Waals surface area contributed by atoms with E-state index in [1.165, 1.54) is 5.32 Å². The van der Waals surface area contributed by atoms with E-state index in [1.54, 1.807) is 0 Å². The van der Waals surface area contributed by atoms with Gasteiger partial charge in [-0.3, -0.25) is 0 Å². The van der Waals surface area contributed by atoms with E-state index in [1.807, 2.05) is 0 Å². The Morgan fingerprint density at radius 3 is 2.33 bits per heavy atom. The van der Waals surface area contributed by atoms with Crippen molar-refractivity contribution in [3.63, 3.8) is 0 Å². The van der Waals surface area contributed by atoms with Crippen LogP contribution in [0.4, 0.5) is 13.2 Å².